The van der Waals surface area contributed by atoms with Crippen molar-refractivity contribution in [3.8, 4) is 6.07 Å². The lowest BCUT2D eigenvalue weighted by Crippen LogP contribution is -2.40. The summed E-state index contributed by atoms with van der Waals surface area (Å²) in [5, 5.41) is 12.9. The molecule has 0 radical (unpaired) electrons. The third kappa shape index (κ3) is 5.09. The van der Waals surface area contributed by atoms with Crippen molar-refractivity contribution in [1.82, 2.24) is 4.98 Å². The number of carbonyl (C=O) groups excluding carboxylic acids is 1. The van der Waals surface area contributed by atoms with Crippen LogP contribution in [0.2, 0.25) is 0 Å². The van der Waals surface area contributed by atoms with Crippen LogP contribution in [0, 0.1) is 16.7 Å². The molecule has 0 saturated carbocycles. The van der Waals surface area contributed by atoms with Gasteiger partial charge in [-0.05, 0) is 41.3 Å². The maximum Gasteiger partial charge on any atom is 0.184 e. The molecule has 37 heavy (non-hydrogen) atoms. The first-order chi connectivity index (χ1) is 18.1. The van der Waals surface area contributed by atoms with Gasteiger partial charge in [0.1, 0.15) is 5.41 Å². The van der Waals surface area contributed by atoms with Crippen LogP contribution in [-0.4, -0.2) is 16.5 Å². The maximum atomic E-state index is 14.5. The normalized spacial score (nSPS) is 13.4. The van der Waals surface area contributed by atoms with Gasteiger partial charge < -0.3 is 0 Å². The van der Waals surface area contributed by atoms with Gasteiger partial charge in [-0.25, -0.2) is 0 Å². The molecule has 0 unspecified atom stereocenters. The van der Waals surface area contributed by atoms with Crippen LogP contribution in [0.1, 0.15) is 27.5 Å². The van der Waals surface area contributed by atoms with Gasteiger partial charge in [-0.2, -0.15) is 5.26 Å². The average Bonchev–Trinajstić information content (AvgIpc) is 2.96. The van der Waals surface area contributed by atoms with E-state index in [2.05, 4.69) is 22.0 Å². The Morgan fingerprint density at radius 2 is 1.51 bits per heavy atom. The van der Waals surface area contributed by atoms with Crippen LogP contribution in [0.15, 0.2) is 131 Å². The van der Waals surface area contributed by atoms with Crippen LogP contribution in [0.3, 0.4) is 0 Å². The van der Waals surface area contributed by atoms with Gasteiger partial charge in [-0.15, -0.1) is 11.8 Å². The Balaban J connectivity index is 1.76. The van der Waals surface area contributed by atoms with Crippen LogP contribution in [0.4, 0.5) is 0 Å². The summed E-state index contributed by atoms with van der Waals surface area (Å²) in [4.78, 5) is 20.3. The quantitative estimate of drug-likeness (QED) is 0.141. The molecule has 0 N–H and O–H groups in total. The number of thioether (sulfide) groups is 1. The summed E-state index contributed by atoms with van der Waals surface area (Å²) < 4.78 is 0.876. The molecular formula is C32H23BrN2OS. The summed E-state index contributed by atoms with van der Waals surface area (Å²) in [7, 11) is 0. The highest BCUT2D eigenvalue weighted by molar-refractivity contribution is 9.10. The molecule has 0 amide bonds. The highest BCUT2D eigenvalue weighted by atomic mass is 79.9. The SMILES string of the molecule is N#C[C@@](CSc1ccccc1)(C(=O)c1ccc(Br)cc1)[C@H](c1ccccc1)c1nccc2ccccc12. The van der Waals surface area contributed by atoms with Crippen molar-refractivity contribution in [3.05, 3.63) is 143 Å². The maximum absolute atomic E-state index is 14.5. The molecule has 2 atom stereocenters. The van der Waals surface area contributed by atoms with E-state index in [-0.39, 0.29) is 11.5 Å². The molecule has 0 fully saturated rings. The number of pyridine rings is 1. The largest absolute Gasteiger partial charge is 0.292 e. The molecule has 180 valence electrons. The molecular weight excluding hydrogens is 540 g/mol. The van der Waals surface area contributed by atoms with Crippen molar-refractivity contribution in [2.45, 2.75) is 10.8 Å². The predicted octanol–water partition coefficient (Wildman–Crippen LogP) is 8.31. The zero-order valence-corrected chi connectivity index (χ0v) is 22.3. The lowest BCUT2D eigenvalue weighted by molar-refractivity contribution is 0.0864. The fourth-order valence-electron chi connectivity index (χ4n) is 4.69. The molecule has 0 aliphatic carbocycles. The molecule has 3 nitrogen and oxygen atoms in total. The third-order valence-electron chi connectivity index (χ3n) is 6.52. The second kappa shape index (κ2) is 11.1. The van der Waals surface area contributed by atoms with Crippen LogP contribution in [0.5, 0.6) is 0 Å². The minimum absolute atomic E-state index is 0.213. The van der Waals surface area contributed by atoms with Gasteiger partial charge >= 0.3 is 0 Å². The summed E-state index contributed by atoms with van der Waals surface area (Å²) in [6.45, 7) is 0. The van der Waals surface area contributed by atoms with E-state index in [4.69, 9.17) is 4.98 Å². The Hall–Kier alpha value is -3.72. The minimum Gasteiger partial charge on any atom is -0.292 e. The van der Waals surface area contributed by atoms with Crippen molar-refractivity contribution in [2.75, 3.05) is 5.75 Å². The second-order valence-electron chi connectivity index (χ2n) is 8.78. The first kappa shape index (κ1) is 25.0. The Labute approximate surface area is 229 Å². The number of aromatic nitrogens is 1. The number of nitrogens with zero attached hydrogens (tertiary/aromatic N) is 2. The van der Waals surface area contributed by atoms with Gasteiger partial charge in [0.25, 0.3) is 0 Å². The van der Waals surface area contributed by atoms with Crippen LogP contribution < -0.4 is 0 Å². The van der Waals surface area contributed by atoms with Crippen LogP contribution in [-0.2, 0) is 0 Å². The standard InChI is InChI=1S/C32H23BrN2OS/c33-26-17-15-25(16-18-26)31(36)32(21-34,22-37-27-12-5-2-6-13-27)29(24-10-3-1-4-11-24)30-28-14-8-7-9-23(28)19-20-35-30/h1-20,29H,22H2/t29-,32+/m1/s1. The molecule has 0 bridgehead atoms. The highest BCUT2D eigenvalue weighted by Crippen LogP contribution is 2.47. The lowest BCUT2D eigenvalue weighted by atomic mass is 9.67. The van der Waals surface area contributed by atoms with Gasteiger partial charge in [-0.3, -0.25) is 9.78 Å². The molecule has 0 aliphatic heterocycles. The minimum atomic E-state index is -1.42. The summed E-state index contributed by atoms with van der Waals surface area (Å²) in [6.07, 6.45) is 1.77. The van der Waals surface area contributed by atoms with Crippen molar-refractivity contribution < 1.29 is 4.79 Å². The number of nitriles is 1. The Morgan fingerprint density at radius 3 is 2.22 bits per heavy atom. The van der Waals surface area contributed by atoms with Crippen LogP contribution in [0.25, 0.3) is 10.8 Å². The fraction of sp³-hybridized carbons (Fsp3) is 0.0938. The van der Waals surface area contributed by atoms with E-state index in [1.807, 2.05) is 103 Å². The first-order valence-electron chi connectivity index (χ1n) is 11.9. The Kier molecular flexibility index (Phi) is 7.50. The smallest absolute Gasteiger partial charge is 0.184 e. The van der Waals surface area contributed by atoms with E-state index < -0.39 is 11.3 Å². The molecule has 4 aromatic carbocycles. The number of hydrogen-bond donors (Lipinski definition) is 0. The molecule has 1 heterocycles. The monoisotopic (exact) mass is 562 g/mol. The van der Waals surface area contributed by atoms with Gasteiger partial charge in [0, 0.05) is 32.3 Å². The van der Waals surface area contributed by atoms with Crippen molar-refractivity contribution in [2.24, 2.45) is 5.41 Å². The third-order valence-corrected chi connectivity index (χ3v) is 8.26. The Bertz CT molecular complexity index is 1560. The second-order valence-corrected chi connectivity index (χ2v) is 10.7. The predicted molar refractivity (Wildman–Crippen MR) is 154 cm³/mol. The number of halogens is 1. The lowest BCUT2D eigenvalue weighted by Gasteiger charge is -2.34. The zero-order chi connectivity index (χ0) is 25.7. The molecule has 0 spiro atoms. The number of fused-ring (bicyclic) bond motifs is 1. The van der Waals surface area contributed by atoms with Crippen molar-refractivity contribution in [1.29, 1.82) is 5.26 Å². The van der Waals surface area contributed by atoms with E-state index in [0.29, 0.717) is 5.56 Å². The molecule has 5 heteroatoms. The van der Waals surface area contributed by atoms with E-state index >= 15 is 0 Å². The highest BCUT2D eigenvalue weighted by Gasteiger charge is 2.49. The molecule has 1 aromatic heterocycles. The van der Waals surface area contributed by atoms with Crippen LogP contribution >= 0.6 is 27.7 Å². The van der Waals surface area contributed by atoms with Crippen molar-refractivity contribution in [3.63, 3.8) is 0 Å². The number of hydrogen-bond acceptors (Lipinski definition) is 4. The van der Waals surface area contributed by atoms with E-state index in [9.17, 15) is 10.1 Å². The number of benzene rings is 4. The molecule has 0 aliphatic rings. The van der Waals surface area contributed by atoms with Gasteiger partial charge in [0.2, 0.25) is 0 Å². The number of rotatable bonds is 8. The van der Waals surface area contributed by atoms with Gasteiger partial charge in [-0.1, -0.05) is 101 Å². The number of Topliss-reactive ketones (excluding diaryl/α,β-unsaturated/α-hetero) is 1. The fourth-order valence-corrected chi connectivity index (χ4v) is 6.07. The summed E-state index contributed by atoms with van der Waals surface area (Å²) in [6, 6.07) is 39.5. The first-order valence-corrected chi connectivity index (χ1v) is 13.7. The molecule has 5 rings (SSSR count). The zero-order valence-electron chi connectivity index (χ0n) is 19.9. The number of carbonyl (C=O) groups is 1. The topological polar surface area (TPSA) is 53.8 Å². The van der Waals surface area contributed by atoms with E-state index in [1.165, 1.54) is 11.8 Å². The van der Waals surface area contributed by atoms with E-state index in [0.717, 1.165) is 31.4 Å². The average molecular weight is 564 g/mol. The number of ketones is 1. The van der Waals surface area contributed by atoms with Crippen molar-refractivity contribution >= 4 is 44.2 Å². The Morgan fingerprint density at radius 1 is 0.865 bits per heavy atom. The van der Waals surface area contributed by atoms with E-state index in [1.54, 1.807) is 18.3 Å². The summed E-state index contributed by atoms with van der Waals surface area (Å²) in [5.74, 6) is -0.529. The van der Waals surface area contributed by atoms with Gasteiger partial charge in [0.15, 0.2) is 5.78 Å². The molecule has 0 saturated heterocycles. The summed E-state index contributed by atoms with van der Waals surface area (Å²) in [5.41, 5.74) is 0.684. The summed E-state index contributed by atoms with van der Waals surface area (Å²) >= 11 is 4.98. The molecule has 5 aromatic rings. The van der Waals surface area contributed by atoms with Gasteiger partial charge in [0.05, 0.1) is 17.7 Å².